The highest BCUT2D eigenvalue weighted by Gasteiger charge is 2.18. The lowest BCUT2D eigenvalue weighted by Gasteiger charge is -2.15. The Bertz CT molecular complexity index is 630. The fraction of sp³-hybridized carbons (Fsp3) is 0.400. The minimum atomic E-state index is -0.234. The van der Waals surface area contributed by atoms with E-state index in [4.69, 9.17) is 4.74 Å². The van der Waals surface area contributed by atoms with Gasteiger partial charge in [0.05, 0.1) is 18.2 Å². The molecule has 0 spiro atoms. The Balaban J connectivity index is 2.10. The van der Waals surface area contributed by atoms with Crippen molar-refractivity contribution < 1.29 is 9.53 Å². The molecular weight excluding hydrogens is 300 g/mol. The maximum atomic E-state index is 12.4. The summed E-state index contributed by atoms with van der Waals surface area (Å²) in [4.78, 5) is 13.4. The second kappa shape index (κ2) is 7.95. The van der Waals surface area contributed by atoms with Crippen molar-refractivity contribution in [1.82, 2.24) is 20.1 Å². The van der Waals surface area contributed by atoms with Crippen LogP contribution in [0.3, 0.4) is 0 Å². The molecule has 1 aromatic heterocycles. The molecule has 6 nitrogen and oxygen atoms in total. The zero-order valence-electron chi connectivity index (χ0n) is 12.9. The first kappa shape index (κ1) is 16.5. The lowest BCUT2D eigenvalue weighted by atomic mass is 10.2. The highest BCUT2D eigenvalue weighted by atomic mass is 32.2. The lowest BCUT2D eigenvalue weighted by molar-refractivity contribution is 0.0934. The van der Waals surface area contributed by atoms with Crippen molar-refractivity contribution in [2.75, 3.05) is 20.0 Å². The van der Waals surface area contributed by atoms with Crippen molar-refractivity contribution in [2.45, 2.75) is 24.4 Å². The molecule has 0 aliphatic rings. The number of carbonyl (C=O) groups is 1. The van der Waals surface area contributed by atoms with Crippen LogP contribution in [0.25, 0.3) is 0 Å². The minimum Gasteiger partial charge on any atom is -0.383 e. The van der Waals surface area contributed by atoms with E-state index >= 15 is 0 Å². The largest absolute Gasteiger partial charge is 0.383 e. The van der Waals surface area contributed by atoms with E-state index in [0.717, 1.165) is 4.90 Å². The van der Waals surface area contributed by atoms with E-state index in [1.807, 2.05) is 42.0 Å². The van der Waals surface area contributed by atoms with E-state index in [9.17, 15) is 4.79 Å². The van der Waals surface area contributed by atoms with Gasteiger partial charge in [-0.2, -0.15) is 0 Å². The fourth-order valence-corrected chi connectivity index (χ4v) is 2.73. The molecule has 0 bridgehead atoms. The second-order valence-corrected chi connectivity index (χ2v) is 5.62. The molecule has 1 heterocycles. The van der Waals surface area contributed by atoms with Gasteiger partial charge < -0.3 is 14.6 Å². The molecule has 2 aromatic rings. The van der Waals surface area contributed by atoms with E-state index in [1.54, 1.807) is 25.2 Å². The first-order valence-corrected chi connectivity index (χ1v) is 8.20. The van der Waals surface area contributed by atoms with Crippen LogP contribution in [0, 0.1) is 0 Å². The van der Waals surface area contributed by atoms with Crippen molar-refractivity contribution in [3.05, 3.63) is 42.0 Å². The number of thioether (sulfide) groups is 1. The Kier molecular flexibility index (Phi) is 5.97. The smallest absolute Gasteiger partial charge is 0.252 e. The van der Waals surface area contributed by atoms with E-state index < -0.39 is 0 Å². The average Bonchev–Trinajstić information content (AvgIpc) is 3.01. The van der Waals surface area contributed by atoms with Gasteiger partial charge in [0.25, 0.3) is 5.91 Å². The average molecular weight is 320 g/mol. The summed E-state index contributed by atoms with van der Waals surface area (Å²) in [5, 5.41) is 11.0. The first-order valence-electron chi connectivity index (χ1n) is 6.98. The molecule has 2 rings (SSSR count). The maximum Gasteiger partial charge on any atom is 0.252 e. The molecule has 0 saturated heterocycles. The van der Waals surface area contributed by atoms with Gasteiger partial charge in [0.15, 0.2) is 5.82 Å². The molecule has 1 aromatic carbocycles. The van der Waals surface area contributed by atoms with Gasteiger partial charge in [-0.3, -0.25) is 4.79 Å². The van der Waals surface area contributed by atoms with Gasteiger partial charge >= 0.3 is 0 Å². The van der Waals surface area contributed by atoms with Crippen LogP contribution in [-0.4, -0.2) is 40.6 Å². The Morgan fingerprint density at radius 1 is 1.45 bits per heavy atom. The number of ether oxygens (including phenoxy) is 1. The molecule has 0 fully saturated rings. The molecule has 118 valence electrons. The standard InChI is InChI=1S/C15H20N4O2S/c1-11(14-18-16-10-19(14)8-9-21-2)17-15(20)12-6-4-5-7-13(12)22-3/h4-7,10-11H,8-9H2,1-3H3,(H,17,20)/t11-/m1/s1. The monoisotopic (exact) mass is 320 g/mol. The third kappa shape index (κ3) is 3.86. The van der Waals surface area contributed by atoms with Crippen molar-refractivity contribution in [1.29, 1.82) is 0 Å². The summed E-state index contributed by atoms with van der Waals surface area (Å²) in [6, 6.07) is 7.31. The van der Waals surface area contributed by atoms with E-state index in [0.29, 0.717) is 24.5 Å². The molecule has 7 heteroatoms. The highest BCUT2D eigenvalue weighted by molar-refractivity contribution is 7.98. The van der Waals surface area contributed by atoms with Crippen LogP contribution in [0.5, 0.6) is 0 Å². The Morgan fingerprint density at radius 2 is 2.23 bits per heavy atom. The number of amides is 1. The van der Waals surface area contributed by atoms with E-state index in [2.05, 4.69) is 15.5 Å². The lowest BCUT2D eigenvalue weighted by Crippen LogP contribution is -2.29. The van der Waals surface area contributed by atoms with Crippen LogP contribution in [0.1, 0.15) is 29.1 Å². The summed E-state index contributed by atoms with van der Waals surface area (Å²) >= 11 is 1.55. The number of nitrogens with zero attached hydrogens (tertiary/aromatic N) is 3. The van der Waals surface area contributed by atoms with Crippen LogP contribution in [0.4, 0.5) is 0 Å². The number of methoxy groups -OCH3 is 1. The van der Waals surface area contributed by atoms with Gasteiger partial charge in [-0.15, -0.1) is 22.0 Å². The van der Waals surface area contributed by atoms with Gasteiger partial charge in [-0.25, -0.2) is 0 Å². The topological polar surface area (TPSA) is 69.0 Å². The molecule has 0 unspecified atom stereocenters. The van der Waals surface area contributed by atoms with Crippen molar-refractivity contribution >= 4 is 17.7 Å². The number of benzene rings is 1. The zero-order chi connectivity index (χ0) is 15.9. The van der Waals surface area contributed by atoms with E-state index in [1.165, 1.54) is 0 Å². The molecule has 0 saturated carbocycles. The number of carbonyl (C=O) groups excluding carboxylic acids is 1. The number of hydrogen-bond donors (Lipinski definition) is 1. The fourth-order valence-electron chi connectivity index (χ4n) is 2.13. The molecule has 0 radical (unpaired) electrons. The van der Waals surface area contributed by atoms with Crippen LogP contribution < -0.4 is 5.32 Å². The SMILES string of the molecule is COCCn1cnnc1[C@@H](C)NC(=O)c1ccccc1SC. The van der Waals surface area contributed by atoms with E-state index in [-0.39, 0.29) is 11.9 Å². The maximum absolute atomic E-state index is 12.4. The van der Waals surface area contributed by atoms with Crippen LogP contribution in [-0.2, 0) is 11.3 Å². The number of rotatable bonds is 7. The van der Waals surface area contributed by atoms with Crippen LogP contribution >= 0.6 is 11.8 Å². The number of nitrogens with one attached hydrogen (secondary N) is 1. The molecule has 0 aliphatic carbocycles. The first-order chi connectivity index (χ1) is 10.7. The molecular formula is C15H20N4O2S. The van der Waals surface area contributed by atoms with Gasteiger partial charge in [0, 0.05) is 18.6 Å². The van der Waals surface area contributed by atoms with Gasteiger partial charge in [-0.1, -0.05) is 12.1 Å². The third-order valence-corrected chi connectivity index (χ3v) is 4.06. The van der Waals surface area contributed by atoms with Crippen LogP contribution in [0.15, 0.2) is 35.5 Å². The summed E-state index contributed by atoms with van der Waals surface area (Å²) in [6.45, 7) is 3.12. The second-order valence-electron chi connectivity index (χ2n) is 4.77. The number of hydrogen-bond acceptors (Lipinski definition) is 5. The highest BCUT2D eigenvalue weighted by Crippen LogP contribution is 2.20. The summed E-state index contributed by atoms with van der Waals surface area (Å²) < 4.78 is 6.95. The molecule has 1 N–H and O–H groups in total. The van der Waals surface area contributed by atoms with Gasteiger partial charge in [0.1, 0.15) is 6.33 Å². The Labute approximate surface area is 134 Å². The third-order valence-electron chi connectivity index (χ3n) is 3.27. The Morgan fingerprint density at radius 3 is 2.95 bits per heavy atom. The molecule has 1 amide bonds. The van der Waals surface area contributed by atoms with Gasteiger partial charge in [0.2, 0.25) is 0 Å². The molecule has 22 heavy (non-hydrogen) atoms. The number of aromatic nitrogens is 3. The molecule has 0 aliphatic heterocycles. The zero-order valence-corrected chi connectivity index (χ0v) is 13.8. The summed E-state index contributed by atoms with van der Waals surface area (Å²) in [5.41, 5.74) is 0.671. The normalized spacial score (nSPS) is 12.1. The predicted molar refractivity (Wildman–Crippen MR) is 86.0 cm³/mol. The summed E-state index contributed by atoms with van der Waals surface area (Å²) in [7, 11) is 1.65. The summed E-state index contributed by atoms with van der Waals surface area (Å²) in [6.07, 6.45) is 3.60. The van der Waals surface area contributed by atoms with Crippen LogP contribution in [0.2, 0.25) is 0 Å². The Hall–Kier alpha value is -1.86. The molecule has 1 atom stereocenters. The van der Waals surface area contributed by atoms with Crippen molar-refractivity contribution in [2.24, 2.45) is 0 Å². The summed E-state index contributed by atoms with van der Waals surface area (Å²) in [5.74, 6) is 0.603. The van der Waals surface area contributed by atoms with Gasteiger partial charge in [-0.05, 0) is 25.3 Å². The minimum absolute atomic E-state index is 0.112. The van der Waals surface area contributed by atoms with Crippen molar-refractivity contribution in [3.8, 4) is 0 Å². The van der Waals surface area contributed by atoms with Crippen molar-refractivity contribution in [3.63, 3.8) is 0 Å². The predicted octanol–water partition coefficient (Wildman–Crippen LogP) is 2.14. The quantitative estimate of drug-likeness (QED) is 0.792.